The zero-order valence-corrected chi connectivity index (χ0v) is 18.5. The second kappa shape index (κ2) is 7.64. The highest BCUT2D eigenvalue weighted by Crippen LogP contribution is 2.32. The van der Waals surface area contributed by atoms with Gasteiger partial charge >= 0.3 is 0 Å². The summed E-state index contributed by atoms with van der Waals surface area (Å²) in [6, 6.07) is 33.1. The number of benzene rings is 4. The molecule has 0 bridgehead atoms. The van der Waals surface area contributed by atoms with Crippen LogP contribution in [0.4, 0.5) is 11.9 Å². The molecule has 0 radical (unpaired) electrons. The van der Waals surface area contributed by atoms with Crippen LogP contribution in [0.5, 0.6) is 0 Å². The molecule has 1 N–H and O–H groups in total. The van der Waals surface area contributed by atoms with E-state index >= 15 is 0 Å². The summed E-state index contributed by atoms with van der Waals surface area (Å²) in [6.07, 6.45) is 0. The Labute approximate surface area is 192 Å². The van der Waals surface area contributed by atoms with Crippen molar-refractivity contribution in [1.82, 2.24) is 19.1 Å². The van der Waals surface area contributed by atoms with Gasteiger partial charge in [-0.05, 0) is 61.4 Å². The molecule has 0 saturated carbocycles. The maximum absolute atomic E-state index is 4.95. The van der Waals surface area contributed by atoms with Crippen LogP contribution >= 0.6 is 0 Å². The van der Waals surface area contributed by atoms with Gasteiger partial charge in [-0.1, -0.05) is 60.7 Å². The zero-order valence-electron chi connectivity index (χ0n) is 18.5. The van der Waals surface area contributed by atoms with Gasteiger partial charge in [-0.2, -0.15) is 0 Å². The summed E-state index contributed by atoms with van der Waals surface area (Å²) in [4.78, 5) is 9.90. The lowest BCUT2D eigenvalue weighted by molar-refractivity contribution is 1.03. The zero-order chi connectivity index (χ0) is 22.4. The molecule has 0 unspecified atom stereocenters. The second-order valence-corrected chi connectivity index (χ2v) is 8.22. The van der Waals surface area contributed by atoms with Crippen molar-refractivity contribution in [1.29, 1.82) is 0 Å². The van der Waals surface area contributed by atoms with Gasteiger partial charge in [0.1, 0.15) is 0 Å². The monoisotopic (exact) mass is 429 g/mol. The van der Waals surface area contributed by atoms with Crippen LogP contribution in [0.2, 0.25) is 0 Å². The maximum atomic E-state index is 4.95. The topological polar surface area (TPSA) is 47.7 Å². The van der Waals surface area contributed by atoms with E-state index in [1.807, 2.05) is 36.4 Å². The van der Waals surface area contributed by atoms with Crippen LogP contribution in [0.3, 0.4) is 0 Å². The van der Waals surface area contributed by atoms with Crippen LogP contribution in [0.15, 0.2) is 97.1 Å². The minimum absolute atomic E-state index is 0.732. The molecule has 2 aromatic heterocycles. The molecular weight excluding hydrogens is 406 g/mol. The van der Waals surface area contributed by atoms with Crippen LogP contribution in [0, 0.1) is 13.8 Å². The highest BCUT2D eigenvalue weighted by atomic mass is 15.3. The Morgan fingerprint density at radius 3 is 1.36 bits per heavy atom. The number of hydrogen-bond acceptors (Lipinski definition) is 3. The van der Waals surface area contributed by atoms with Crippen LogP contribution in [-0.4, -0.2) is 19.1 Å². The van der Waals surface area contributed by atoms with Gasteiger partial charge in [-0.15, -0.1) is 0 Å². The number of fused-ring (bicyclic) bond motifs is 2. The van der Waals surface area contributed by atoms with Crippen LogP contribution in [-0.2, 0) is 0 Å². The first-order valence-electron chi connectivity index (χ1n) is 11.0. The summed E-state index contributed by atoms with van der Waals surface area (Å²) in [6.45, 7) is 4.24. The second-order valence-electron chi connectivity index (χ2n) is 8.22. The normalized spacial score (nSPS) is 11.3. The molecule has 0 amide bonds. The van der Waals surface area contributed by atoms with Gasteiger partial charge in [-0.25, -0.2) is 9.97 Å². The molecule has 160 valence electrons. The average molecular weight is 430 g/mol. The minimum Gasteiger partial charge on any atom is -0.295 e. The van der Waals surface area contributed by atoms with Gasteiger partial charge in [0.2, 0.25) is 11.9 Å². The summed E-state index contributed by atoms with van der Waals surface area (Å²) in [5.41, 5.74) is 8.50. The van der Waals surface area contributed by atoms with Crippen molar-refractivity contribution in [3.8, 4) is 11.4 Å². The smallest absolute Gasteiger partial charge is 0.215 e. The van der Waals surface area contributed by atoms with Gasteiger partial charge in [0.25, 0.3) is 0 Å². The van der Waals surface area contributed by atoms with E-state index in [1.165, 1.54) is 11.1 Å². The molecule has 0 aliphatic carbocycles. The van der Waals surface area contributed by atoms with E-state index in [1.54, 1.807) is 0 Å². The molecule has 33 heavy (non-hydrogen) atoms. The SMILES string of the molecule is Cc1ccccc1-n1c(Nc2nc3ccccc3n2-c2ccccc2C)nc2ccccc21. The Balaban J connectivity index is 1.60. The van der Waals surface area contributed by atoms with E-state index in [-0.39, 0.29) is 0 Å². The molecule has 6 aromatic rings. The summed E-state index contributed by atoms with van der Waals surface area (Å²) in [5.74, 6) is 1.46. The molecule has 0 saturated heterocycles. The number of anilines is 2. The Hall–Kier alpha value is -4.38. The van der Waals surface area contributed by atoms with E-state index in [0.29, 0.717) is 0 Å². The Bertz CT molecular complexity index is 1500. The Kier molecular flexibility index (Phi) is 4.47. The lowest BCUT2D eigenvalue weighted by Gasteiger charge is -2.15. The molecule has 0 spiro atoms. The molecular formula is C28H23N5. The minimum atomic E-state index is 0.732. The van der Waals surface area contributed by atoms with Gasteiger partial charge in [0, 0.05) is 0 Å². The summed E-state index contributed by atoms with van der Waals surface area (Å²) < 4.78 is 4.35. The van der Waals surface area contributed by atoms with Crippen molar-refractivity contribution in [2.45, 2.75) is 13.8 Å². The van der Waals surface area contributed by atoms with Gasteiger partial charge in [-0.3, -0.25) is 14.5 Å². The predicted octanol–water partition coefficient (Wildman–Crippen LogP) is 6.72. The van der Waals surface area contributed by atoms with Crippen molar-refractivity contribution in [3.63, 3.8) is 0 Å². The number of aryl methyl sites for hydroxylation is 2. The molecule has 0 atom stereocenters. The molecule has 4 aromatic carbocycles. The maximum Gasteiger partial charge on any atom is 0.215 e. The third-order valence-electron chi connectivity index (χ3n) is 6.06. The number of rotatable bonds is 4. The van der Waals surface area contributed by atoms with Crippen molar-refractivity contribution >= 4 is 34.0 Å². The first-order chi connectivity index (χ1) is 16.2. The third kappa shape index (κ3) is 3.17. The van der Waals surface area contributed by atoms with Crippen LogP contribution in [0.1, 0.15) is 11.1 Å². The fourth-order valence-corrected chi connectivity index (χ4v) is 4.44. The molecule has 5 nitrogen and oxygen atoms in total. The van der Waals surface area contributed by atoms with E-state index in [0.717, 1.165) is 45.3 Å². The number of hydrogen-bond donors (Lipinski definition) is 1. The molecule has 0 fully saturated rings. The number of nitrogens with zero attached hydrogens (tertiary/aromatic N) is 4. The predicted molar refractivity (Wildman–Crippen MR) is 135 cm³/mol. The summed E-state index contributed by atoms with van der Waals surface area (Å²) in [7, 11) is 0. The van der Waals surface area contributed by atoms with E-state index in [2.05, 4.69) is 89.0 Å². The largest absolute Gasteiger partial charge is 0.295 e. The van der Waals surface area contributed by atoms with Crippen molar-refractivity contribution < 1.29 is 0 Å². The highest BCUT2D eigenvalue weighted by Gasteiger charge is 2.19. The first-order valence-corrected chi connectivity index (χ1v) is 11.0. The van der Waals surface area contributed by atoms with E-state index in [4.69, 9.17) is 9.97 Å². The van der Waals surface area contributed by atoms with E-state index < -0.39 is 0 Å². The fraction of sp³-hybridized carbons (Fsp3) is 0.0714. The molecule has 0 aliphatic heterocycles. The van der Waals surface area contributed by atoms with Gasteiger partial charge in [0.05, 0.1) is 33.4 Å². The third-order valence-corrected chi connectivity index (χ3v) is 6.06. The number of nitrogens with one attached hydrogen (secondary N) is 1. The molecule has 0 aliphatic rings. The summed E-state index contributed by atoms with van der Waals surface area (Å²) in [5, 5.41) is 3.58. The van der Waals surface area contributed by atoms with Gasteiger partial charge in [0.15, 0.2) is 0 Å². The van der Waals surface area contributed by atoms with Crippen LogP contribution in [0.25, 0.3) is 33.4 Å². The molecule has 5 heteroatoms. The molecule has 2 heterocycles. The van der Waals surface area contributed by atoms with Crippen LogP contribution < -0.4 is 5.32 Å². The highest BCUT2D eigenvalue weighted by molar-refractivity contribution is 5.85. The number of aromatic nitrogens is 4. The van der Waals surface area contributed by atoms with Gasteiger partial charge < -0.3 is 0 Å². The standard InChI is InChI=1S/C28H23N5/c1-19-11-3-7-15-23(19)32-25-17-9-5-13-21(25)29-27(32)31-28-30-22-14-6-10-18-26(22)33(28)24-16-8-4-12-20(24)2/h3-18H,1-2H3,(H,29,30,31). The average Bonchev–Trinajstić information content (AvgIpc) is 3.37. The quantitative estimate of drug-likeness (QED) is 0.338. The lowest BCUT2D eigenvalue weighted by atomic mass is 10.2. The number of imidazole rings is 2. The Morgan fingerprint density at radius 2 is 0.909 bits per heavy atom. The molecule has 6 rings (SSSR count). The van der Waals surface area contributed by atoms with E-state index in [9.17, 15) is 0 Å². The lowest BCUT2D eigenvalue weighted by Crippen LogP contribution is -2.08. The van der Waals surface area contributed by atoms with Crippen molar-refractivity contribution in [3.05, 3.63) is 108 Å². The fourth-order valence-electron chi connectivity index (χ4n) is 4.44. The summed E-state index contributed by atoms with van der Waals surface area (Å²) >= 11 is 0. The van der Waals surface area contributed by atoms with Crippen molar-refractivity contribution in [2.75, 3.05) is 5.32 Å². The first kappa shape index (κ1) is 19.3. The number of para-hydroxylation sites is 6. The van der Waals surface area contributed by atoms with Crippen molar-refractivity contribution in [2.24, 2.45) is 0 Å². The Morgan fingerprint density at radius 1 is 0.515 bits per heavy atom.